The third-order valence-corrected chi connectivity index (χ3v) is 9.91. The molecular formula is C49H32F5N11OPt2. The fraction of sp³-hybridized carbons (Fsp3) is 0.102. The van der Waals surface area contributed by atoms with Crippen molar-refractivity contribution in [2.45, 2.75) is 25.4 Å². The number of ether oxygens (including phenoxy) is 1. The van der Waals surface area contributed by atoms with Crippen LogP contribution in [0.5, 0.6) is 5.75 Å². The first kappa shape index (κ1) is 50.1. The first-order valence-corrected chi connectivity index (χ1v) is 19.8. The number of nitrogens with zero attached hydrogens (tertiary/aromatic N) is 11. The quantitative estimate of drug-likeness (QED) is 0.0740. The van der Waals surface area contributed by atoms with Gasteiger partial charge in [0.2, 0.25) is 0 Å². The van der Waals surface area contributed by atoms with E-state index in [-0.39, 0.29) is 64.6 Å². The molecular weight excluding hydrogens is 1240 g/mol. The Balaban J connectivity index is 0.000000221. The van der Waals surface area contributed by atoms with Gasteiger partial charge in [0.1, 0.15) is 29.8 Å². The van der Waals surface area contributed by atoms with E-state index >= 15 is 0 Å². The maximum Gasteiger partial charge on any atom is 2.00 e. The maximum atomic E-state index is 14.1. The minimum Gasteiger partial charge on any atom is -0.497 e. The predicted octanol–water partition coefficient (Wildman–Crippen LogP) is 10.2. The van der Waals surface area contributed by atoms with Gasteiger partial charge in [-0.2, -0.15) is 71.1 Å². The summed E-state index contributed by atoms with van der Waals surface area (Å²) >= 11 is 0. The molecule has 0 aliphatic rings. The number of hydrogen-bond acceptors (Lipinski definition) is 10. The first-order valence-electron chi connectivity index (χ1n) is 19.8. The Hall–Kier alpha value is -7.27. The Morgan fingerprint density at radius 2 is 1.46 bits per heavy atom. The van der Waals surface area contributed by atoms with Gasteiger partial charge in [-0.25, -0.2) is 18.4 Å². The van der Waals surface area contributed by atoms with Crippen LogP contribution in [-0.4, -0.2) is 51.6 Å². The van der Waals surface area contributed by atoms with Crippen molar-refractivity contribution in [1.29, 1.82) is 5.26 Å². The summed E-state index contributed by atoms with van der Waals surface area (Å²) < 4.78 is 76.4. The summed E-state index contributed by atoms with van der Waals surface area (Å²) in [7, 11) is 1.57. The van der Waals surface area contributed by atoms with E-state index in [4.69, 9.17) is 10.00 Å². The molecule has 0 bridgehead atoms. The normalized spacial score (nSPS) is 11.0. The minimum atomic E-state index is -4.65. The van der Waals surface area contributed by atoms with Gasteiger partial charge in [0, 0.05) is 23.6 Å². The summed E-state index contributed by atoms with van der Waals surface area (Å²) in [5, 5.41) is 18.3. The van der Waals surface area contributed by atoms with Crippen LogP contribution in [0.3, 0.4) is 0 Å². The van der Waals surface area contributed by atoms with Gasteiger partial charge in [-0.05, 0) is 73.0 Å². The van der Waals surface area contributed by atoms with Gasteiger partial charge in [0.05, 0.1) is 24.3 Å². The average molecular weight is 1280 g/mol. The van der Waals surface area contributed by atoms with Crippen molar-refractivity contribution in [2.75, 3.05) is 12.0 Å². The number of para-hydroxylation sites is 1. The van der Waals surface area contributed by atoms with Gasteiger partial charge in [0.25, 0.3) is 0 Å². The predicted molar refractivity (Wildman–Crippen MR) is 232 cm³/mol. The molecule has 9 rings (SSSR count). The maximum absolute atomic E-state index is 14.1. The van der Waals surface area contributed by atoms with E-state index in [1.807, 2.05) is 44.2 Å². The van der Waals surface area contributed by atoms with Crippen LogP contribution in [-0.2, 0) is 53.7 Å². The molecule has 0 fully saturated rings. The third-order valence-electron chi connectivity index (χ3n) is 9.91. The second-order valence-electron chi connectivity index (χ2n) is 14.6. The Morgan fingerprint density at radius 3 is 2.16 bits per heavy atom. The van der Waals surface area contributed by atoms with Gasteiger partial charge in [-0.15, -0.1) is 30.3 Å². The van der Waals surface area contributed by atoms with E-state index in [0.717, 1.165) is 18.0 Å². The molecule has 0 atom stereocenters. The fourth-order valence-electron chi connectivity index (χ4n) is 6.58. The van der Waals surface area contributed by atoms with Crippen LogP contribution in [0.2, 0.25) is 0 Å². The van der Waals surface area contributed by atoms with Crippen LogP contribution in [0.4, 0.5) is 39.3 Å². The molecule has 9 aromatic rings. The standard InChI is InChI=1S/C27H18F3N5O.C22H14F2N6.2Pt/c1-36-21-14-12-20(13-15-21)35(25-16-18-34(33-25)19-7-3-2-4-8-19)24-11-5-10-23(32-24)22-9-6-17-31-26(22)27(28,29)30;1-22(2,21-26-13-30(29-21)15-6-3-5-14(11-15)12-25)18-8-4-7-17(27-18)16-9-10-19(23)28-20(16)24;;/h2-7,10-18H,1H3;3-5,7-8,10-11,13H,1-2H3;;/q2*-2;2*+2. The number of methoxy groups -OCH3 is 1. The molecule has 0 saturated carbocycles. The van der Waals surface area contributed by atoms with Crippen molar-refractivity contribution in [2.24, 2.45) is 0 Å². The number of nitriles is 1. The zero-order valence-corrected chi connectivity index (χ0v) is 40.2. The largest absolute Gasteiger partial charge is 2.00 e. The number of hydrogen-bond donors (Lipinski definition) is 0. The summed E-state index contributed by atoms with van der Waals surface area (Å²) in [6.45, 7) is 3.77. The second kappa shape index (κ2) is 21.6. The number of halogens is 5. The monoisotopic (exact) mass is 1280 g/mol. The van der Waals surface area contributed by atoms with Crippen LogP contribution in [0.25, 0.3) is 33.9 Å². The van der Waals surface area contributed by atoms with Crippen molar-refractivity contribution in [3.8, 4) is 45.7 Å². The molecule has 6 heterocycles. The summed E-state index contributed by atoms with van der Waals surface area (Å²) in [4.78, 5) is 21.9. The van der Waals surface area contributed by atoms with Crippen LogP contribution in [0.1, 0.15) is 36.6 Å². The Labute approximate surface area is 415 Å². The van der Waals surface area contributed by atoms with Crippen molar-refractivity contribution >= 4 is 17.3 Å². The molecule has 12 nitrogen and oxygen atoms in total. The summed E-state index contributed by atoms with van der Waals surface area (Å²) in [6, 6.07) is 46.9. The van der Waals surface area contributed by atoms with Gasteiger partial charge < -0.3 is 14.7 Å². The number of pyridine rings is 4. The summed E-state index contributed by atoms with van der Waals surface area (Å²) in [5.74, 6) is 0.0836. The molecule has 0 radical (unpaired) electrons. The second-order valence-corrected chi connectivity index (χ2v) is 14.6. The van der Waals surface area contributed by atoms with Gasteiger partial charge in [0.15, 0.2) is 11.6 Å². The number of benzene rings is 3. The molecule has 0 aliphatic carbocycles. The van der Waals surface area contributed by atoms with E-state index in [1.165, 1.54) is 23.1 Å². The molecule has 0 saturated heterocycles. The Bertz CT molecular complexity index is 3180. The van der Waals surface area contributed by atoms with Crippen molar-refractivity contribution in [3.05, 3.63) is 199 Å². The van der Waals surface area contributed by atoms with Crippen LogP contribution < -0.4 is 9.64 Å². The SMILES string of the molecule is CC(C)(c1cccc(-c2[c-]cc(F)nc2F)n1)c1ncn(-c2[c-]ccc(C#N)c2)n1.COc1ccc(N(c2cccc(-c3[c-]ccnc3C(F)(F)F)n2)c2ccn(-c3[c-]cccc3)n2)cc1.[Pt+2].[Pt+2]. The van der Waals surface area contributed by atoms with E-state index in [9.17, 15) is 22.0 Å². The van der Waals surface area contributed by atoms with Gasteiger partial charge in [-0.3, -0.25) is 19.5 Å². The van der Waals surface area contributed by atoms with Crippen LogP contribution in [0.15, 0.2) is 140 Å². The molecule has 0 N–H and O–H groups in total. The van der Waals surface area contributed by atoms with Crippen LogP contribution >= 0.6 is 0 Å². The smallest absolute Gasteiger partial charge is 0.497 e. The van der Waals surface area contributed by atoms with Crippen molar-refractivity contribution < 1.29 is 68.8 Å². The molecule has 0 spiro atoms. The fourth-order valence-corrected chi connectivity index (χ4v) is 6.58. The Morgan fingerprint density at radius 1 is 0.706 bits per heavy atom. The van der Waals surface area contributed by atoms with E-state index in [0.29, 0.717) is 45.8 Å². The first-order chi connectivity index (χ1) is 31.8. The summed E-state index contributed by atoms with van der Waals surface area (Å²) in [6.07, 6.45) is -0.276. The van der Waals surface area contributed by atoms with Crippen LogP contribution in [0, 0.1) is 47.5 Å². The molecule has 0 amide bonds. The number of rotatable bonds is 10. The molecule has 3 aromatic carbocycles. The third kappa shape index (κ3) is 11.1. The zero-order chi connectivity index (χ0) is 46.4. The van der Waals surface area contributed by atoms with Crippen molar-refractivity contribution in [1.82, 2.24) is 44.5 Å². The topological polar surface area (TPSA) is 136 Å². The molecule has 19 heteroatoms. The van der Waals surface area contributed by atoms with Gasteiger partial charge >= 0.3 is 48.3 Å². The van der Waals surface area contributed by atoms with Gasteiger partial charge in [-0.1, -0.05) is 53.2 Å². The van der Waals surface area contributed by atoms with Crippen molar-refractivity contribution in [3.63, 3.8) is 0 Å². The van der Waals surface area contributed by atoms with E-state index in [1.54, 1.807) is 95.7 Å². The minimum absolute atomic E-state index is 0. The molecule has 0 aliphatic heterocycles. The zero-order valence-electron chi connectivity index (χ0n) is 35.6. The molecule has 68 heavy (non-hydrogen) atoms. The number of anilines is 3. The number of alkyl halides is 3. The Kier molecular flexibility index (Phi) is 15.9. The van der Waals surface area contributed by atoms with E-state index < -0.39 is 29.2 Å². The molecule has 6 aromatic heterocycles. The summed E-state index contributed by atoms with van der Waals surface area (Å²) in [5.41, 5.74) is 1.43. The molecule has 344 valence electrons. The van der Waals surface area contributed by atoms with E-state index in [2.05, 4.69) is 65.5 Å². The average Bonchev–Trinajstić information content (AvgIpc) is 4.05. The molecule has 0 unspecified atom stereocenters. The number of aromatic nitrogens is 9.